The molecule has 1 rings (SSSR count). The summed E-state index contributed by atoms with van der Waals surface area (Å²) in [4.78, 5) is 0. The van der Waals surface area contributed by atoms with Crippen molar-refractivity contribution in [2.24, 2.45) is 0 Å². The van der Waals surface area contributed by atoms with Crippen LogP contribution in [0.3, 0.4) is 0 Å². The summed E-state index contributed by atoms with van der Waals surface area (Å²) < 4.78 is 40.4. The molecule has 0 aromatic rings. The smallest absolute Gasteiger partial charge is 0.448 e. The normalized spacial score (nSPS) is 16.3. The first kappa shape index (κ1) is 12.2. The number of hydrogen-bond donors (Lipinski definition) is 1. The molecule has 76 valence electrons. The fraction of sp³-hybridized carbons (Fsp3) is 0.429. The van der Waals surface area contributed by atoms with E-state index in [1.165, 1.54) is 6.08 Å². The third-order valence-corrected chi connectivity index (χ3v) is 1.40. The van der Waals surface area contributed by atoms with Crippen LogP contribution >= 0.6 is 12.4 Å². The van der Waals surface area contributed by atoms with Gasteiger partial charge in [-0.05, 0) is 6.08 Å². The number of ether oxygens (including phenoxy) is 1. The van der Waals surface area contributed by atoms with Crippen LogP contribution in [0.5, 0.6) is 0 Å². The van der Waals surface area contributed by atoms with Crippen molar-refractivity contribution in [2.45, 2.75) is 6.18 Å². The Bertz CT molecular complexity index is 234. The Morgan fingerprint density at radius 1 is 1.46 bits per heavy atom. The summed E-state index contributed by atoms with van der Waals surface area (Å²) in [5, 5.41) is 2.61. The highest BCUT2D eigenvalue weighted by Crippen LogP contribution is 2.28. The van der Waals surface area contributed by atoms with Crippen LogP contribution in [0.4, 0.5) is 13.2 Å². The first-order chi connectivity index (χ1) is 5.54. The Morgan fingerprint density at radius 3 is 2.54 bits per heavy atom. The van der Waals surface area contributed by atoms with Gasteiger partial charge in [0.25, 0.3) is 0 Å². The highest BCUT2D eigenvalue weighted by molar-refractivity contribution is 5.85. The molecule has 1 N–H and O–H groups in total. The number of rotatable bonds is 1. The van der Waals surface area contributed by atoms with E-state index in [1.54, 1.807) is 7.05 Å². The van der Waals surface area contributed by atoms with Crippen molar-refractivity contribution >= 4 is 12.4 Å². The molecule has 0 bridgehead atoms. The van der Waals surface area contributed by atoms with Gasteiger partial charge in [-0.2, -0.15) is 13.2 Å². The van der Waals surface area contributed by atoms with Crippen molar-refractivity contribution in [3.05, 3.63) is 23.6 Å². The second kappa shape index (κ2) is 4.41. The van der Waals surface area contributed by atoms with E-state index in [-0.39, 0.29) is 19.0 Å². The minimum Gasteiger partial charge on any atom is -0.485 e. The summed E-state index contributed by atoms with van der Waals surface area (Å²) in [5.41, 5.74) is 0.425. The van der Waals surface area contributed by atoms with Crippen LogP contribution in [-0.2, 0) is 4.74 Å². The van der Waals surface area contributed by atoms with Crippen molar-refractivity contribution in [2.75, 3.05) is 13.7 Å². The van der Waals surface area contributed by atoms with Crippen molar-refractivity contribution in [1.82, 2.24) is 5.32 Å². The minimum absolute atomic E-state index is 0. The van der Waals surface area contributed by atoms with Gasteiger partial charge in [0, 0.05) is 18.8 Å². The van der Waals surface area contributed by atoms with E-state index < -0.39 is 11.9 Å². The second-order valence-electron chi connectivity index (χ2n) is 2.23. The Labute approximate surface area is 79.9 Å². The topological polar surface area (TPSA) is 21.3 Å². The molecule has 0 saturated carbocycles. The van der Waals surface area contributed by atoms with Crippen molar-refractivity contribution in [3.8, 4) is 0 Å². The molecule has 13 heavy (non-hydrogen) atoms. The molecule has 2 nitrogen and oxygen atoms in total. The van der Waals surface area contributed by atoms with Crippen LogP contribution in [-0.4, -0.2) is 19.8 Å². The molecule has 0 fully saturated rings. The average molecular weight is 216 g/mol. The maximum atomic E-state index is 12.0. The third kappa shape index (κ3) is 3.18. The molecule has 1 heterocycles. The molecular weight excluding hydrogens is 207 g/mol. The van der Waals surface area contributed by atoms with Gasteiger partial charge in [0.2, 0.25) is 5.76 Å². The molecule has 0 unspecified atom stereocenters. The summed E-state index contributed by atoms with van der Waals surface area (Å²) in [5.74, 6) is -0.950. The van der Waals surface area contributed by atoms with Crippen LogP contribution in [0.2, 0.25) is 0 Å². The molecule has 0 aromatic carbocycles. The zero-order chi connectivity index (χ0) is 9.19. The summed E-state index contributed by atoms with van der Waals surface area (Å²) in [6.07, 6.45) is -1.92. The van der Waals surface area contributed by atoms with E-state index in [0.29, 0.717) is 5.70 Å². The Hall–Kier alpha value is -0.840. The molecule has 0 radical (unpaired) electrons. The summed E-state index contributed by atoms with van der Waals surface area (Å²) in [6.45, 7) is -0.0402. The van der Waals surface area contributed by atoms with Gasteiger partial charge in [-0.3, -0.25) is 0 Å². The Balaban J connectivity index is 0.00000144. The quantitative estimate of drug-likeness (QED) is 0.722. The lowest BCUT2D eigenvalue weighted by Gasteiger charge is -2.17. The lowest BCUT2D eigenvalue weighted by Crippen LogP contribution is -2.20. The van der Waals surface area contributed by atoms with Gasteiger partial charge in [0.15, 0.2) is 0 Å². The lowest BCUT2D eigenvalue weighted by atomic mass is 10.3. The standard InChI is InChI=1S/C7H8F3NO.ClH/c1-11-5-2-3-12-6(4-5)7(8,9)10;/h2,4,11H,3H2,1H3;1H. The number of hydrogen-bond acceptors (Lipinski definition) is 2. The highest BCUT2D eigenvalue weighted by Gasteiger charge is 2.36. The first-order valence-corrected chi connectivity index (χ1v) is 3.33. The monoisotopic (exact) mass is 215 g/mol. The minimum atomic E-state index is -4.39. The van der Waals surface area contributed by atoms with Crippen LogP contribution in [0.1, 0.15) is 0 Å². The molecule has 0 saturated heterocycles. The zero-order valence-electron chi connectivity index (χ0n) is 6.81. The fourth-order valence-electron chi connectivity index (χ4n) is 0.801. The van der Waals surface area contributed by atoms with E-state index in [2.05, 4.69) is 10.1 Å². The largest absolute Gasteiger partial charge is 0.485 e. The van der Waals surface area contributed by atoms with Crippen molar-refractivity contribution in [1.29, 1.82) is 0 Å². The van der Waals surface area contributed by atoms with Gasteiger partial charge in [-0.15, -0.1) is 12.4 Å². The van der Waals surface area contributed by atoms with Gasteiger partial charge >= 0.3 is 6.18 Å². The van der Waals surface area contributed by atoms with E-state index in [0.717, 1.165) is 6.08 Å². The summed E-state index contributed by atoms with van der Waals surface area (Å²) in [7, 11) is 1.56. The molecular formula is C7H9ClF3NO. The van der Waals surface area contributed by atoms with E-state index in [1.807, 2.05) is 0 Å². The van der Waals surface area contributed by atoms with Crippen molar-refractivity contribution in [3.63, 3.8) is 0 Å². The average Bonchev–Trinajstić information content (AvgIpc) is 2.03. The number of likely N-dealkylation sites (N-methyl/N-ethyl adjacent to an activating group) is 1. The number of alkyl halides is 3. The zero-order valence-corrected chi connectivity index (χ0v) is 7.63. The van der Waals surface area contributed by atoms with Crippen LogP contribution in [0.25, 0.3) is 0 Å². The molecule has 0 spiro atoms. The molecule has 6 heteroatoms. The van der Waals surface area contributed by atoms with Gasteiger partial charge in [-0.1, -0.05) is 0 Å². The summed E-state index contributed by atoms with van der Waals surface area (Å²) in [6, 6.07) is 0. The maximum absolute atomic E-state index is 12.0. The van der Waals surface area contributed by atoms with Crippen molar-refractivity contribution < 1.29 is 17.9 Å². The lowest BCUT2D eigenvalue weighted by molar-refractivity contribution is -0.129. The second-order valence-corrected chi connectivity index (χ2v) is 2.23. The first-order valence-electron chi connectivity index (χ1n) is 3.33. The van der Waals surface area contributed by atoms with E-state index in [9.17, 15) is 13.2 Å². The fourth-order valence-corrected chi connectivity index (χ4v) is 0.801. The summed E-state index contributed by atoms with van der Waals surface area (Å²) >= 11 is 0. The molecule has 0 amide bonds. The predicted molar refractivity (Wildman–Crippen MR) is 44.5 cm³/mol. The molecule has 1 aliphatic rings. The third-order valence-electron chi connectivity index (χ3n) is 1.40. The van der Waals surface area contributed by atoms with E-state index in [4.69, 9.17) is 0 Å². The Kier molecular flexibility index (Phi) is 4.13. The van der Waals surface area contributed by atoms with Crippen LogP contribution in [0, 0.1) is 0 Å². The number of halogens is 4. The molecule has 0 aromatic heterocycles. The van der Waals surface area contributed by atoms with Gasteiger partial charge in [0.05, 0.1) is 0 Å². The van der Waals surface area contributed by atoms with E-state index >= 15 is 0 Å². The van der Waals surface area contributed by atoms with Gasteiger partial charge in [0.1, 0.15) is 6.61 Å². The highest BCUT2D eigenvalue weighted by atomic mass is 35.5. The molecule has 0 atom stereocenters. The van der Waals surface area contributed by atoms with Gasteiger partial charge in [-0.25, -0.2) is 0 Å². The predicted octanol–water partition coefficient (Wildman–Crippen LogP) is 1.99. The maximum Gasteiger partial charge on any atom is 0.448 e. The Morgan fingerprint density at radius 2 is 2.08 bits per heavy atom. The van der Waals surface area contributed by atoms with Crippen LogP contribution in [0.15, 0.2) is 23.6 Å². The van der Waals surface area contributed by atoms with Crippen LogP contribution < -0.4 is 5.32 Å². The molecule has 1 aliphatic heterocycles. The van der Waals surface area contributed by atoms with Gasteiger partial charge < -0.3 is 10.1 Å². The number of allylic oxidation sites excluding steroid dienone is 2. The molecule has 0 aliphatic carbocycles. The SMILES string of the molecule is CNC1=CCOC(C(F)(F)F)=C1.Cl. The number of nitrogens with one attached hydrogen (secondary N) is 1.